The predicted octanol–water partition coefficient (Wildman–Crippen LogP) is 1.97. The van der Waals surface area contributed by atoms with E-state index >= 15 is 0 Å². The van der Waals surface area contributed by atoms with E-state index in [4.69, 9.17) is 10.5 Å². The van der Waals surface area contributed by atoms with E-state index in [1.54, 1.807) is 6.92 Å². The molecule has 0 heterocycles. The zero-order valence-corrected chi connectivity index (χ0v) is 10.5. The summed E-state index contributed by atoms with van der Waals surface area (Å²) in [4.78, 5) is 22.9. The molecule has 18 heavy (non-hydrogen) atoms. The van der Waals surface area contributed by atoms with Gasteiger partial charge < -0.3 is 15.8 Å². The summed E-state index contributed by atoms with van der Waals surface area (Å²) in [7, 11) is 1.25. The first-order valence-electron chi connectivity index (χ1n) is 5.39. The molecule has 0 saturated carbocycles. The third-order valence-corrected chi connectivity index (χ3v) is 2.37. The second kappa shape index (κ2) is 5.48. The molecule has 1 aromatic rings. The van der Waals surface area contributed by atoms with Gasteiger partial charge in [0, 0.05) is 25.1 Å². The molecule has 1 rings (SSSR count). The molecule has 0 aliphatic carbocycles. The summed E-state index contributed by atoms with van der Waals surface area (Å²) in [6.45, 7) is 2.90. The Morgan fingerprint density at radius 2 is 2.11 bits per heavy atom. The second-order valence-corrected chi connectivity index (χ2v) is 3.69. The van der Waals surface area contributed by atoms with Crippen LogP contribution in [0.15, 0.2) is 6.07 Å². The highest BCUT2D eigenvalue weighted by Gasteiger charge is 2.22. The van der Waals surface area contributed by atoms with E-state index in [0.29, 0.717) is 0 Å². The molecular weight excluding hydrogens is 239 g/mol. The summed E-state index contributed by atoms with van der Waals surface area (Å²) in [5, 5.41) is 2.39. The lowest BCUT2D eigenvalue weighted by molar-refractivity contribution is -0.114. The lowest BCUT2D eigenvalue weighted by Crippen LogP contribution is -2.15. The maximum atomic E-state index is 13.6. The Labute approximate surface area is 104 Å². The summed E-state index contributed by atoms with van der Waals surface area (Å²) in [6, 6.07) is 1.01. The third kappa shape index (κ3) is 2.58. The second-order valence-electron chi connectivity index (χ2n) is 3.69. The molecule has 1 aromatic carbocycles. The Morgan fingerprint density at radius 3 is 2.56 bits per heavy atom. The van der Waals surface area contributed by atoms with E-state index in [0.717, 1.165) is 6.07 Å². The molecule has 0 bridgehead atoms. The average molecular weight is 254 g/mol. The number of methoxy groups -OCH3 is 1. The van der Waals surface area contributed by atoms with Crippen LogP contribution in [0, 0.1) is 5.82 Å². The first-order chi connectivity index (χ1) is 8.42. The van der Waals surface area contributed by atoms with Crippen LogP contribution in [0.3, 0.4) is 0 Å². The van der Waals surface area contributed by atoms with Crippen LogP contribution in [-0.4, -0.2) is 18.8 Å². The van der Waals surface area contributed by atoms with Crippen molar-refractivity contribution in [2.45, 2.75) is 20.3 Å². The minimum absolute atomic E-state index is 0.0191. The van der Waals surface area contributed by atoms with Crippen LogP contribution in [-0.2, 0) is 4.79 Å². The molecule has 0 spiro atoms. The normalized spacial score (nSPS) is 10.0. The Balaban J connectivity index is 3.55. The van der Waals surface area contributed by atoms with Gasteiger partial charge in [-0.15, -0.1) is 0 Å². The summed E-state index contributed by atoms with van der Waals surface area (Å²) in [6.07, 6.45) is 0.186. The number of rotatable bonds is 4. The summed E-state index contributed by atoms with van der Waals surface area (Å²) >= 11 is 0. The molecule has 98 valence electrons. The quantitative estimate of drug-likeness (QED) is 0.635. The standard InChI is InChI=1S/C12H15FN2O3/c1-4-9(17)10-8(14)5-7(13)12(18-3)11(10)15-6(2)16/h5H,4,14H2,1-3H3,(H,15,16). The Kier molecular flexibility index (Phi) is 4.25. The first kappa shape index (κ1) is 14.0. The number of nitrogens with two attached hydrogens (primary N) is 1. The molecule has 0 aliphatic heterocycles. The molecule has 0 aromatic heterocycles. The lowest BCUT2D eigenvalue weighted by Gasteiger charge is -2.16. The van der Waals surface area contributed by atoms with Gasteiger partial charge in [-0.3, -0.25) is 9.59 Å². The van der Waals surface area contributed by atoms with Gasteiger partial charge in [0.05, 0.1) is 18.4 Å². The number of nitrogens with one attached hydrogen (secondary N) is 1. The number of anilines is 2. The smallest absolute Gasteiger partial charge is 0.221 e. The molecule has 0 saturated heterocycles. The number of hydrogen-bond acceptors (Lipinski definition) is 4. The maximum Gasteiger partial charge on any atom is 0.221 e. The highest BCUT2D eigenvalue weighted by Crippen LogP contribution is 2.36. The molecule has 6 heteroatoms. The van der Waals surface area contributed by atoms with Crippen LogP contribution < -0.4 is 15.8 Å². The van der Waals surface area contributed by atoms with Gasteiger partial charge in [0.1, 0.15) is 0 Å². The number of Topliss-reactive ketones (excluding diaryl/α,β-unsaturated/α-hetero) is 1. The fourth-order valence-electron chi connectivity index (χ4n) is 1.62. The molecule has 0 fully saturated rings. The summed E-state index contributed by atoms with van der Waals surface area (Å²) in [5.74, 6) is -1.67. The van der Waals surface area contributed by atoms with Crippen molar-refractivity contribution in [3.63, 3.8) is 0 Å². The van der Waals surface area contributed by atoms with Crippen LogP contribution >= 0.6 is 0 Å². The summed E-state index contributed by atoms with van der Waals surface area (Å²) < 4.78 is 18.5. The van der Waals surface area contributed by atoms with Crippen LogP contribution in [0.2, 0.25) is 0 Å². The highest BCUT2D eigenvalue weighted by molar-refractivity contribution is 6.09. The predicted molar refractivity (Wildman–Crippen MR) is 66.3 cm³/mol. The zero-order chi connectivity index (χ0) is 13.9. The SMILES string of the molecule is CCC(=O)c1c(N)cc(F)c(OC)c1NC(C)=O. The summed E-state index contributed by atoms with van der Waals surface area (Å²) in [5.41, 5.74) is 5.66. The van der Waals surface area contributed by atoms with Crippen LogP contribution in [0.5, 0.6) is 5.75 Å². The van der Waals surface area contributed by atoms with E-state index in [-0.39, 0.29) is 34.9 Å². The van der Waals surface area contributed by atoms with Crippen molar-refractivity contribution in [2.75, 3.05) is 18.2 Å². The molecule has 0 aliphatic rings. The number of benzene rings is 1. The van der Waals surface area contributed by atoms with Gasteiger partial charge in [-0.25, -0.2) is 4.39 Å². The third-order valence-electron chi connectivity index (χ3n) is 2.37. The Hall–Kier alpha value is -2.11. The van der Waals surface area contributed by atoms with Crippen LogP contribution in [0.1, 0.15) is 30.6 Å². The maximum absolute atomic E-state index is 13.6. The molecule has 0 radical (unpaired) electrons. The number of carbonyl (C=O) groups excluding carboxylic acids is 2. The van der Waals surface area contributed by atoms with Gasteiger partial charge in [0.15, 0.2) is 17.3 Å². The van der Waals surface area contributed by atoms with E-state index in [1.807, 2.05) is 0 Å². The van der Waals surface area contributed by atoms with Crippen molar-refractivity contribution >= 4 is 23.1 Å². The highest BCUT2D eigenvalue weighted by atomic mass is 19.1. The molecule has 0 atom stereocenters. The molecule has 3 N–H and O–H groups in total. The lowest BCUT2D eigenvalue weighted by atomic mass is 10.0. The topological polar surface area (TPSA) is 81.4 Å². The molecular formula is C12H15FN2O3. The number of halogens is 1. The van der Waals surface area contributed by atoms with Crippen molar-refractivity contribution in [1.29, 1.82) is 0 Å². The number of ketones is 1. The van der Waals surface area contributed by atoms with Crippen molar-refractivity contribution in [1.82, 2.24) is 0 Å². The monoisotopic (exact) mass is 254 g/mol. The Morgan fingerprint density at radius 1 is 1.50 bits per heavy atom. The average Bonchev–Trinajstić information content (AvgIpc) is 2.27. The number of nitrogen functional groups attached to an aromatic ring is 1. The number of hydrogen-bond donors (Lipinski definition) is 2. The Bertz CT molecular complexity index is 501. The number of carbonyl (C=O) groups is 2. The van der Waals surface area contributed by atoms with Crippen molar-refractivity contribution in [2.24, 2.45) is 0 Å². The van der Waals surface area contributed by atoms with Crippen LogP contribution in [0.25, 0.3) is 0 Å². The minimum Gasteiger partial charge on any atom is -0.492 e. The van der Waals surface area contributed by atoms with Gasteiger partial charge in [-0.2, -0.15) is 0 Å². The zero-order valence-electron chi connectivity index (χ0n) is 10.5. The first-order valence-corrected chi connectivity index (χ1v) is 5.39. The molecule has 5 nitrogen and oxygen atoms in total. The van der Waals surface area contributed by atoms with Crippen LogP contribution in [0.4, 0.5) is 15.8 Å². The van der Waals surface area contributed by atoms with Crippen molar-refractivity contribution in [3.05, 3.63) is 17.4 Å². The number of ether oxygens (including phenoxy) is 1. The van der Waals surface area contributed by atoms with E-state index < -0.39 is 11.7 Å². The van der Waals surface area contributed by atoms with E-state index in [9.17, 15) is 14.0 Å². The fraction of sp³-hybridized carbons (Fsp3) is 0.333. The van der Waals surface area contributed by atoms with E-state index in [1.165, 1.54) is 14.0 Å². The van der Waals surface area contributed by atoms with Gasteiger partial charge >= 0.3 is 0 Å². The fourth-order valence-corrected chi connectivity index (χ4v) is 1.62. The molecule has 0 unspecified atom stereocenters. The van der Waals surface area contributed by atoms with Gasteiger partial charge in [-0.05, 0) is 0 Å². The largest absolute Gasteiger partial charge is 0.492 e. The van der Waals surface area contributed by atoms with Crippen molar-refractivity contribution in [3.8, 4) is 5.75 Å². The van der Waals surface area contributed by atoms with Gasteiger partial charge in [0.25, 0.3) is 0 Å². The van der Waals surface area contributed by atoms with Crippen molar-refractivity contribution < 1.29 is 18.7 Å². The molecule has 1 amide bonds. The van der Waals surface area contributed by atoms with Gasteiger partial charge in [-0.1, -0.05) is 6.92 Å². The number of amides is 1. The van der Waals surface area contributed by atoms with Gasteiger partial charge in [0.2, 0.25) is 5.91 Å². The van der Waals surface area contributed by atoms with E-state index in [2.05, 4.69) is 5.32 Å². The minimum atomic E-state index is -0.730.